The van der Waals surface area contributed by atoms with Gasteiger partial charge in [-0.3, -0.25) is 0 Å². The second-order valence-corrected chi connectivity index (χ2v) is 7.39. The van der Waals surface area contributed by atoms with E-state index in [-0.39, 0.29) is 5.75 Å². The molecule has 5 rings (SSSR count). The first kappa shape index (κ1) is 16.2. The normalized spacial score (nSPS) is 13.1. The molecular formula is C21H15BrN4O. The van der Waals surface area contributed by atoms with Crippen LogP contribution in [-0.2, 0) is 6.42 Å². The number of hydrogen-bond donors (Lipinski definition) is 1. The summed E-state index contributed by atoms with van der Waals surface area (Å²) in [5, 5.41) is 9.85. The van der Waals surface area contributed by atoms with Gasteiger partial charge in [-0.25, -0.2) is 15.0 Å². The Bertz CT molecular complexity index is 1180. The standard InChI is InChI=1S/C21H15BrN4O/c22-14-10-18-20(23-11-14)21(25-12-24-18)26-8-7-17-16(5-2-6-19(17)26)13-3-1-4-15(27)9-13/h1-6,9-12,27H,7-8H2. The molecule has 1 N–H and O–H groups in total. The Balaban J connectivity index is 1.65. The van der Waals surface area contributed by atoms with Crippen LogP contribution in [0.2, 0.25) is 0 Å². The van der Waals surface area contributed by atoms with Gasteiger partial charge in [-0.05, 0) is 63.3 Å². The fourth-order valence-electron chi connectivity index (χ4n) is 3.70. The highest BCUT2D eigenvalue weighted by molar-refractivity contribution is 9.10. The highest BCUT2D eigenvalue weighted by atomic mass is 79.9. The number of nitrogens with zero attached hydrogens (tertiary/aromatic N) is 4. The van der Waals surface area contributed by atoms with E-state index in [1.54, 1.807) is 24.7 Å². The Kier molecular flexibility index (Phi) is 3.79. The van der Waals surface area contributed by atoms with E-state index < -0.39 is 0 Å². The first-order valence-electron chi connectivity index (χ1n) is 8.66. The summed E-state index contributed by atoms with van der Waals surface area (Å²) in [5.41, 5.74) is 6.14. The average molecular weight is 419 g/mol. The maximum atomic E-state index is 9.85. The predicted molar refractivity (Wildman–Crippen MR) is 109 cm³/mol. The van der Waals surface area contributed by atoms with E-state index in [1.807, 2.05) is 24.3 Å². The molecule has 5 nitrogen and oxygen atoms in total. The predicted octanol–water partition coefficient (Wildman–Crippen LogP) is 4.85. The number of aromatic hydroxyl groups is 1. The molecule has 27 heavy (non-hydrogen) atoms. The quantitative estimate of drug-likeness (QED) is 0.503. The Morgan fingerprint density at radius 3 is 2.78 bits per heavy atom. The zero-order chi connectivity index (χ0) is 18.4. The van der Waals surface area contributed by atoms with Crippen LogP contribution in [-0.4, -0.2) is 26.6 Å². The van der Waals surface area contributed by atoms with Crippen molar-refractivity contribution in [2.24, 2.45) is 0 Å². The van der Waals surface area contributed by atoms with E-state index in [0.29, 0.717) is 0 Å². The number of hydrogen-bond acceptors (Lipinski definition) is 5. The third-order valence-electron chi connectivity index (χ3n) is 4.86. The zero-order valence-corrected chi connectivity index (χ0v) is 15.9. The van der Waals surface area contributed by atoms with Gasteiger partial charge < -0.3 is 10.0 Å². The summed E-state index contributed by atoms with van der Waals surface area (Å²) in [6.07, 6.45) is 4.27. The minimum absolute atomic E-state index is 0.275. The van der Waals surface area contributed by atoms with E-state index in [4.69, 9.17) is 0 Å². The van der Waals surface area contributed by atoms with Crippen LogP contribution < -0.4 is 4.90 Å². The fraction of sp³-hybridized carbons (Fsp3) is 0.0952. The zero-order valence-electron chi connectivity index (χ0n) is 14.3. The number of phenols is 1. The molecule has 0 aliphatic carbocycles. The van der Waals surface area contributed by atoms with Gasteiger partial charge in [0.1, 0.15) is 17.6 Å². The minimum Gasteiger partial charge on any atom is -0.508 e. The van der Waals surface area contributed by atoms with Crippen molar-refractivity contribution >= 4 is 38.5 Å². The molecule has 1 aliphatic heterocycles. The Morgan fingerprint density at radius 2 is 1.89 bits per heavy atom. The van der Waals surface area contributed by atoms with Crippen LogP contribution in [0, 0.1) is 0 Å². The molecule has 0 spiro atoms. The molecule has 0 fully saturated rings. The van der Waals surface area contributed by atoms with E-state index in [2.05, 4.69) is 47.9 Å². The van der Waals surface area contributed by atoms with Crippen molar-refractivity contribution in [2.45, 2.75) is 6.42 Å². The summed E-state index contributed by atoms with van der Waals surface area (Å²) in [7, 11) is 0. The molecule has 2 aromatic carbocycles. The molecule has 2 aromatic heterocycles. The molecule has 0 unspecified atom stereocenters. The van der Waals surface area contributed by atoms with Gasteiger partial charge in [-0.2, -0.15) is 0 Å². The average Bonchev–Trinajstić information content (AvgIpc) is 3.11. The number of fused-ring (bicyclic) bond motifs is 2. The SMILES string of the molecule is Oc1cccc(-c2cccc3c2CCN3c2ncnc3cc(Br)cnc23)c1. The van der Waals surface area contributed by atoms with E-state index in [0.717, 1.165) is 51.1 Å². The van der Waals surface area contributed by atoms with Crippen LogP contribution in [0.4, 0.5) is 11.5 Å². The Labute approximate surface area is 164 Å². The lowest BCUT2D eigenvalue weighted by Crippen LogP contribution is -2.15. The van der Waals surface area contributed by atoms with Gasteiger partial charge in [0.25, 0.3) is 0 Å². The first-order chi connectivity index (χ1) is 13.2. The van der Waals surface area contributed by atoms with Crippen LogP contribution in [0.15, 0.2) is 65.5 Å². The van der Waals surface area contributed by atoms with Gasteiger partial charge in [-0.1, -0.05) is 24.3 Å². The molecule has 0 saturated carbocycles. The van der Waals surface area contributed by atoms with E-state index in [1.165, 1.54) is 5.56 Å². The second kappa shape index (κ2) is 6.32. The number of aromatic nitrogens is 3. The van der Waals surface area contributed by atoms with Gasteiger partial charge in [0.15, 0.2) is 5.82 Å². The van der Waals surface area contributed by atoms with Crippen molar-refractivity contribution in [1.29, 1.82) is 0 Å². The number of benzene rings is 2. The van der Waals surface area contributed by atoms with E-state index in [9.17, 15) is 5.11 Å². The van der Waals surface area contributed by atoms with Crippen molar-refractivity contribution in [2.75, 3.05) is 11.4 Å². The van der Waals surface area contributed by atoms with Crippen molar-refractivity contribution in [1.82, 2.24) is 15.0 Å². The summed E-state index contributed by atoms with van der Waals surface area (Å²) in [4.78, 5) is 15.6. The lowest BCUT2D eigenvalue weighted by atomic mass is 9.98. The molecule has 0 bridgehead atoms. The third kappa shape index (κ3) is 2.73. The summed E-state index contributed by atoms with van der Waals surface area (Å²) in [6.45, 7) is 0.828. The molecule has 6 heteroatoms. The van der Waals surface area contributed by atoms with Crippen LogP contribution in [0.1, 0.15) is 5.56 Å². The lowest BCUT2D eigenvalue weighted by molar-refractivity contribution is 0.475. The van der Waals surface area contributed by atoms with Gasteiger partial charge in [-0.15, -0.1) is 0 Å². The van der Waals surface area contributed by atoms with Crippen LogP contribution in [0.5, 0.6) is 5.75 Å². The summed E-state index contributed by atoms with van der Waals surface area (Å²) in [6, 6.07) is 15.6. The first-order valence-corrected chi connectivity index (χ1v) is 9.45. The fourth-order valence-corrected chi connectivity index (χ4v) is 4.02. The topological polar surface area (TPSA) is 62.1 Å². The van der Waals surface area contributed by atoms with Crippen molar-refractivity contribution in [3.05, 3.63) is 71.1 Å². The van der Waals surface area contributed by atoms with Crippen molar-refractivity contribution in [3.63, 3.8) is 0 Å². The van der Waals surface area contributed by atoms with Gasteiger partial charge in [0.05, 0.1) is 5.52 Å². The Morgan fingerprint density at radius 1 is 1.00 bits per heavy atom. The molecular weight excluding hydrogens is 404 g/mol. The second-order valence-electron chi connectivity index (χ2n) is 6.47. The lowest BCUT2D eigenvalue weighted by Gasteiger charge is -2.19. The smallest absolute Gasteiger partial charge is 0.163 e. The monoisotopic (exact) mass is 418 g/mol. The summed E-state index contributed by atoms with van der Waals surface area (Å²) in [5.74, 6) is 1.09. The minimum atomic E-state index is 0.275. The van der Waals surface area contributed by atoms with Crippen LogP contribution in [0.3, 0.4) is 0 Å². The highest BCUT2D eigenvalue weighted by Crippen LogP contribution is 2.41. The molecule has 4 aromatic rings. The number of halogens is 1. The maximum absolute atomic E-state index is 9.85. The molecule has 0 atom stereocenters. The maximum Gasteiger partial charge on any atom is 0.163 e. The van der Waals surface area contributed by atoms with E-state index >= 15 is 0 Å². The van der Waals surface area contributed by atoms with Crippen LogP contribution in [0.25, 0.3) is 22.2 Å². The number of anilines is 2. The molecule has 1 aliphatic rings. The molecule has 0 saturated heterocycles. The largest absolute Gasteiger partial charge is 0.508 e. The molecule has 132 valence electrons. The van der Waals surface area contributed by atoms with Crippen molar-refractivity contribution in [3.8, 4) is 16.9 Å². The summed E-state index contributed by atoms with van der Waals surface area (Å²) >= 11 is 3.45. The molecule has 0 amide bonds. The number of rotatable bonds is 2. The highest BCUT2D eigenvalue weighted by Gasteiger charge is 2.26. The van der Waals surface area contributed by atoms with Gasteiger partial charge in [0.2, 0.25) is 0 Å². The molecule has 0 radical (unpaired) electrons. The number of phenolic OH excluding ortho intramolecular Hbond substituents is 1. The third-order valence-corrected chi connectivity index (χ3v) is 5.30. The Hall–Kier alpha value is -2.99. The summed E-state index contributed by atoms with van der Waals surface area (Å²) < 4.78 is 0.896. The number of pyridine rings is 1. The van der Waals surface area contributed by atoms with Crippen molar-refractivity contribution < 1.29 is 5.11 Å². The van der Waals surface area contributed by atoms with Gasteiger partial charge in [0, 0.05) is 22.9 Å². The van der Waals surface area contributed by atoms with Crippen LogP contribution >= 0.6 is 15.9 Å². The molecule has 3 heterocycles. The van der Waals surface area contributed by atoms with Gasteiger partial charge >= 0.3 is 0 Å².